The van der Waals surface area contributed by atoms with Crippen LogP contribution in [0, 0.1) is 0 Å². The molecule has 0 aliphatic rings. The highest BCUT2D eigenvalue weighted by molar-refractivity contribution is 9.09. The van der Waals surface area contributed by atoms with Gasteiger partial charge in [-0.1, -0.05) is 31.9 Å². The van der Waals surface area contributed by atoms with Gasteiger partial charge in [0.1, 0.15) is 31.2 Å². The van der Waals surface area contributed by atoms with Crippen LogP contribution in [0.3, 0.4) is 0 Å². The number of ether oxygens (including phenoxy) is 4. The molecule has 0 aliphatic carbocycles. The molecule has 22 nitrogen and oxygen atoms in total. The largest absolute Gasteiger partial charge is 0.481 e. The maximum atomic E-state index is 13.4. The number of carboxylic acid groups (broad SMARTS) is 2. The molecule has 0 spiro atoms. The van der Waals surface area contributed by atoms with Crippen molar-refractivity contribution in [1.82, 2.24) is 36.8 Å². The van der Waals surface area contributed by atoms with Crippen LogP contribution in [-0.2, 0) is 62.1 Å². The summed E-state index contributed by atoms with van der Waals surface area (Å²) in [6, 6.07) is -2.57. The van der Waals surface area contributed by atoms with Crippen molar-refractivity contribution in [3.05, 3.63) is 0 Å². The molecule has 57 heavy (non-hydrogen) atoms. The van der Waals surface area contributed by atoms with Gasteiger partial charge >= 0.3 is 11.9 Å². The average Bonchev–Trinajstić information content (AvgIpc) is 3.18. The van der Waals surface area contributed by atoms with Crippen LogP contribution < -0.4 is 31.9 Å². The monoisotopic (exact) mass is 967 g/mol. The number of carbonyl (C=O) groups is 9. The van der Waals surface area contributed by atoms with Crippen LogP contribution in [0.5, 0.6) is 0 Å². The summed E-state index contributed by atoms with van der Waals surface area (Å²) in [6.45, 7) is 0.000976. The van der Waals surface area contributed by atoms with Crippen molar-refractivity contribution in [3.63, 3.8) is 0 Å². The fraction of sp³-hybridized carbons (Fsp3) is 0.719. The molecule has 0 aliphatic heterocycles. The van der Waals surface area contributed by atoms with Crippen molar-refractivity contribution in [3.8, 4) is 0 Å². The van der Waals surface area contributed by atoms with E-state index in [1.807, 2.05) is 0 Å². The molecule has 326 valence electrons. The Balaban J connectivity index is 4.52. The van der Waals surface area contributed by atoms with Crippen LogP contribution in [0.2, 0.25) is 0 Å². The molecule has 0 radical (unpaired) electrons. The lowest BCUT2D eigenvalue weighted by atomic mass is 10.1. The van der Waals surface area contributed by atoms with Crippen LogP contribution in [0.15, 0.2) is 0 Å². The van der Waals surface area contributed by atoms with E-state index in [2.05, 4.69) is 63.8 Å². The Bertz CT molecular complexity index is 1270. The predicted octanol–water partition coefficient (Wildman–Crippen LogP) is -2.93. The molecule has 0 aromatic heterocycles. The summed E-state index contributed by atoms with van der Waals surface area (Å²) in [5.41, 5.74) is 0. The number of hydrogen-bond donors (Lipinski definition) is 8. The molecular formula is C32H52Br2ClN7O15. The third kappa shape index (κ3) is 30.1. The molecule has 0 aromatic carbocycles. The van der Waals surface area contributed by atoms with E-state index in [1.54, 1.807) is 0 Å². The Kier molecular flexibility index (Phi) is 32.1. The summed E-state index contributed by atoms with van der Waals surface area (Å²) in [5, 5.41) is 33.7. The Labute approximate surface area is 351 Å². The maximum Gasteiger partial charge on any atom is 0.326 e. The van der Waals surface area contributed by atoms with E-state index < -0.39 is 67.3 Å². The summed E-state index contributed by atoms with van der Waals surface area (Å²) in [4.78, 5) is 109. The number of aliphatic carboxylic acids is 2. The van der Waals surface area contributed by atoms with Gasteiger partial charge in [-0.05, 0) is 12.8 Å². The van der Waals surface area contributed by atoms with Gasteiger partial charge in [-0.25, -0.2) is 4.79 Å². The molecule has 0 saturated carbocycles. The minimum Gasteiger partial charge on any atom is -0.481 e. The van der Waals surface area contributed by atoms with Gasteiger partial charge in [0.15, 0.2) is 0 Å². The second-order valence-electron chi connectivity index (χ2n) is 11.5. The van der Waals surface area contributed by atoms with Crippen molar-refractivity contribution in [2.75, 3.05) is 109 Å². The zero-order chi connectivity index (χ0) is 42.8. The Morgan fingerprint density at radius 1 is 0.544 bits per heavy atom. The number of halogens is 3. The van der Waals surface area contributed by atoms with Gasteiger partial charge in [-0.15, -0.1) is 11.6 Å². The first-order chi connectivity index (χ1) is 27.2. The molecular weight excluding hydrogens is 918 g/mol. The Morgan fingerprint density at radius 3 is 1.44 bits per heavy atom. The molecule has 0 heterocycles. The molecule has 0 rings (SSSR count). The van der Waals surface area contributed by atoms with Crippen LogP contribution in [0.25, 0.3) is 0 Å². The highest BCUT2D eigenvalue weighted by Crippen LogP contribution is 2.05. The number of rotatable bonds is 35. The Morgan fingerprint density at radius 2 is 0.982 bits per heavy atom. The minimum absolute atomic E-state index is 0.0205. The number of hydrogen-bond acceptors (Lipinski definition) is 13. The molecule has 0 aromatic rings. The van der Waals surface area contributed by atoms with Crippen LogP contribution in [-0.4, -0.2) is 189 Å². The zero-order valence-electron chi connectivity index (χ0n) is 31.3. The van der Waals surface area contributed by atoms with Crippen LogP contribution in [0.4, 0.5) is 0 Å². The van der Waals surface area contributed by atoms with E-state index in [9.17, 15) is 53.4 Å². The molecule has 2 atom stereocenters. The quantitative estimate of drug-likeness (QED) is 0.0233. The van der Waals surface area contributed by atoms with E-state index in [-0.39, 0.29) is 132 Å². The van der Waals surface area contributed by atoms with Gasteiger partial charge < -0.3 is 66.0 Å². The van der Waals surface area contributed by atoms with E-state index in [0.29, 0.717) is 0 Å². The number of alkyl halides is 3. The first-order valence-corrected chi connectivity index (χ1v) is 20.4. The van der Waals surface area contributed by atoms with Crippen molar-refractivity contribution < 1.29 is 72.3 Å². The highest BCUT2D eigenvalue weighted by atomic mass is 79.9. The lowest BCUT2D eigenvalue weighted by molar-refractivity contribution is -0.143. The Hall–Kier alpha value is -3.68. The van der Waals surface area contributed by atoms with Crippen LogP contribution in [0.1, 0.15) is 25.7 Å². The molecule has 0 bridgehead atoms. The summed E-state index contributed by atoms with van der Waals surface area (Å²) in [5.74, 6) is -6.17. The summed E-state index contributed by atoms with van der Waals surface area (Å²) < 4.78 is 21.0. The van der Waals surface area contributed by atoms with Gasteiger partial charge in [0.05, 0.1) is 50.3 Å². The fourth-order valence-electron chi connectivity index (χ4n) is 4.27. The first-order valence-electron chi connectivity index (χ1n) is 17.6. The zero-order valence-corrected chi connectivity index (χ0v) is 35.2. The van der Waals surface area contributed by atoms with Crippen LogP contribution >= 0.6 is 43.5 Å². The van der Waals surface area contributed by atoms with E-state index >= 15 is 0 Å². The fourth-order valence-corrected chi connectivity index (χ4v) is 4.76. The van der Waals surface area contributed by atoms with Gasteiger partial charge in [-0.2, -0.15) is 0 Å². The molecule has 0 fully saturated rings. The van der Waals surface area contributed by atoms with E-state index in [0.717, 1.165) is 0 Å². The second-order valence-corrected chi connectivity index (χ2v) is 12.9. The molecule has 0 saturated heterocycles. The standard InChI is InChI=1S/C32H52Br2ClN7O15/c33-17-25(44)36-5-9-42(10-6-37-26(45)18-34)31(51)22(2-4-30(49)50)40-28(47)20-56-15-13-54-11-7-38-24(43)3-1-23(32(52)53)41-29(48)21-57-16-14-55-12-8-39-27(46)19-35/h22-23H,1-21H2,(H,36,44)(H,37,45)(H,38,43)(H,39,46)(H,40,47)(H,41,48)(H,49,50)(H,52,53). The number of nitrogens with one attached hydrogen (secondary N) is 6. The topological polar surface area (TPSA) is 306 Å². The van der Waals surface area contributed by atoms with Crippen molar-refractivity contribution in [2.45, 2.75) is 37.8 Å². The predicted molar refractivity (Wildman–Crippen MR) is 208 cm³/mol. The average molecular weight is 970 g/mol. The lowest BCUT2D eigenvalue weighted by Gasteiger charge is -2.28. The molecule has 7 amide bonds. The molecule has 25 heteroatoms. The van der Waals surface area contributed by atoms with Crippen molar-refractivity contribution >= 4 is 96.7 Å². The maximum absolute atomic E-state index is 13.4. The SMILES string of the molecule is O=C(O)CCC(NC(=O)COCCOCCNC(=O)CCC(NC(=O)COCCOCCNC(=O)CCl)C(=O)O)C(=O)N(CCNC(=O)CBr)CCNC(=O)CBr. The van der Waals surface area contributed by atoms with E-state index in [1.165, 1.54) is 4.90 Å². The number of carbonyl (C=O) groups excluding carboxylic acids is 7. The van der Waals surface area contributed by atoms with Gasteiger partial charge in [0.2, 0.25) is 41.4 Å². The third-order valence-electron chi connectivity index (χ3n) is 7.00. The summed E-state index contributed by atoms with van der Waals surface area (Å²) in [6.07, 6.45) is -1.06. The molecule has 2 unspecified atom stereocenters. The van der Waals surface area contributed by atoms with Gasteiger partial charge in [-0.3, -0.25) is 38.4 Å². The van der Waals surface area contributed by atoms with Crippen molar-refractivity contribution in [2.24, 2.45) is 0 Å². The van der Waals surface area contributed by atoms with Crippen molar-refractivity contribution in [1.29, 1.82) is 0 Å². The minimum atomic E-state index is -1.33. The smallest absolute Gasteiger partial charge is 0.326 e. The highest BCUT2D eigenvalue weighted by Gasteiger charge is 2.27. The summed E-state index contributed by atoms with van der Waals surface area (Å²) in [7, 11) is 0. The van der Waals surface area contributed by atoms with Gasteiger partial charge in [0.25, 0.3) is 0 Å². The number of nitrogens with zero attached hydrogens (tertiary/aromatic N) is 1. The first kappa shape index (κ1) is 53.3. The normalized spacial score (nSPS) is 11.7. The molecule has 8 N–H and O–H groups in total. The second kappa shape index (κ2) is 34.4. The third-order valence-corrected chi connectivity index (χ3v) is 8.27. The van der Waals surface area contributed by atoms with Gasteiger partial charge in [0, 0.05) is 52.1 Å². The van der Waals surface area contributed by atoms with E-state index in [4.69, 9.17) is 30.5 Å². The lowest BCUT2D eigenvalue weighted by Crippen LogP contribution is -2.52. The number of carboxylic acids is 2. The number of amides is 7. The summed E-state index contributed by atoms with van der Waals surface area (Å²) >= 11 is 11.4.